The van der Waals surface area contributed by atoms with Crippen molar-refractivity contribution in [1.29, 1.82) is 0 Å². The van der Waals surface area contributed by atoms with Gasteiger partial charge < -0.3 is 47.6 Å². The van der Waals surface area contributed by atoms with Crippen molar-refractivity contribution in [3.05, 3.63) is 316 Å². The molecule has 0 radical (unpaired) electrons. The number of aromatic amines is 3. The predicted octanol–water partition coefficient (Wildman–Crippen LogP) is 8.59. The monoisotopic (exact) mass is 1320 g/mol. The molecule has 24 nitrogen and oxygen atoms in total. The maximum Gasteiger partial charge on any atom is 0.340 e. The van der Waals surface area contributed by atoms with Crippen LogP contribution in [0.3, 0.4) is 0 Å². The standard InChI is InChI=1S/C33H30N2O9.C33H26O9.C7H10N2O2/c1-2-12-24-19-35(33(40)34-28(24)36)29-27(44-32(39)23-17-10-5-11-18-23)26(43-31(38)22-15-8-4-9-16-22)25(20-41-29)42-30(37)21-13-6-3-7-14-21;34-29(22-13-5-1-6-14-22)39-26-21-38-33(42-32(37)25-19-11-4-12-20-25)28(41-31(36)24-17-9-3-10-18-24)27(26)40-30(35)23-15-7-2-8-16-23;1-2-3-5-4-8-7(11)9-6(5)10/h3-11,13-19,25-27,29H,2,12,20H2,1H3,(H,34,36,40);1-20,26-28,33H,21H2;4H,2-3H2,1H3,(H2,8,9,10,11). The number of carbonyl (C=O) groups excluding carboxylic acids is 7. The fourth-order valence-corrected chi connectivity index (χ4v) is 10.0. The van der Waals surface area contributed by atoms with E-state index in [1.165, 1.54) is 36.7 Å². The first-order valence-corrected chi connectivity index (χ1v) is 30.8. The van der Waals surface area contributed by atoms with E-state index in [1.807, 2.05) is 13.8 Å². The highest BCUT2D eigenvalue weighted by Crippen LogP contribution is 2.33. The van der Waals surface area contributed by atoms with E-state index in [-0.39, 0.29) is 57.7 Å². The Hall–Kier alpha value is -11.9. The lowest BCUT2D eigenvalue weighted by Gasteiger charge is -2.41. The van der Waals surface area contributed by atoms with Crippen molar-refractivity contribution in [3.8, 4) is 0 Å². The molecule has 498 valence electrons. The number of esters is 7. The quantitative estimate of drug-likeness (QED) is 0.0504. The molecule has 8 atom stereocenters. The van der Waals surface area contributed by atoms with Crippen LogP contribution < -0.4 is 22.5 Å². The third kappa shape index (κ3) is 18.9. The van der Waals surface area contributed by atoms with Crippen LogP contribution in [0, 0.1) is 0 Å². The summed E-state index contributed by atoms with van der Waals surface area (Å²) >= 11 is 0. The first kappa shape index (κ1) is 69.5. The Morgan fingerprint density at radius 3 is 1.06 bits per heavy atom. The Bertz CT molecular complexity index is 4250. The summed E-state index contributed by atoms with van der Waals surface area (Å²) < 4.78 is 53.4. The first-order chi connectivity index (χ1) is 47.1. The fourth-order valence-electron chi connectivity index (χ4n) is 10.0. The number of H-pyrrole nitrogens is 3. The Morgan fingerprint density at radius 2 is 0.691 bits per heavy atom. The minimum Gasteiger partial charge on any atom is -0.452 e. The second kappa shape index (κ2) is 34.3. The molecule has 0 amide bonds. The molecule has 2 saturated heterocycles. The second-order valence-corrected chi connectivity index (χ2v) is 21.7. The molecule has 11 rings (SSSR count). The minimum atomic E-state index is -1.50. The molecule has 2 aliphatic rings. The molecule has 0 saturated carbocycles. The van der Waals surface area contributed by atoms with Gasteiger partial charge in [0.2, 0.25) is 12.4 Å². The molecule has 3 N–H and O–H groups in total. The zero-order chi connectivity index (χ0) is 68.6. The summed E-state index contributed by atoms with van der Waals surface area (Å²) in [7, 11) is 0. The van der Waals surface area contributed by atoms with Crippen LogP contribution in [0.15, 0.2) is 244 Å². The van der Waals surface area contributed by atoms with E-state index < -0.39 is 108 Å². The normalized spacial score (nSPS) is 18.5. The third-order valence-corrected chi connectivity index (χ3v) is 14.8. The van der Waals surface area contributed by atoms with Crippen LogP contribution >= 0.6 is 0 Å². The largest absolute Gasteiger partial charge is 0.452 e. The predicted molar refractivity (Wildman–Crippen MR) is 347 cm³/mol. The molecule has 0 aliphatic carbocycles. The topological polar surface area (TPSA) is 323 Å². The van der Waals surface area contributed by atoms with Crippen LogP contribution in [0.2, 0.25) is 0 Å². The summed E-state index contributed by atoms with van der Waals surface area (Å²) in [6, 6.07) is 57.0. The number of benzene rings is 7. The van der Waals surface area contributed by atoms with Gasteiger partial charge in [-0.3, -0.25) is 24.1 Å². The molecular formula is C73H66N4O20. The maximum absolute atomic E-state index is 13.4. The molecule has 8 unspecified atom stereocenters. The van der Waals surface area contributed by atoms with Crippen molar-refractivity contribution in [3.63, 3.8) is 0 Å². The van der Waals surface area contributed by atoms with Crippen molar-refractivity contribution in [2.75, 3.05) is 13.2 Å². The van der Waals surface area contributed by atoms with Gasteiger partial charge >= 0.3 is 53.2 Å². The molecular weight excluding hydrogens is 1250 g/mol. The number of aromatic nitrogens is 4. The highest BCUT2D eigenvalue weighted by Gasteiger charge is 2.51. The van der Waals surface area contributed by atoms with E-state index in [0.717, 1.165) is 11.0 Å². The van der Waals surface area contributed by atoms with E-state index in [4.69, 9.17) is 42.6 Å². The summed E-state index contributed by atoms with van der Waals surface area (Å²) in [5, 5.41) is 0. The number of ether oxygens (including phenoxy) is 9. The average molecular weight is 1320 g/mol. The summed E-state index contributed by atoms with van der Waals surface area (Å²) in [6.45, 7) is 3.20. The van der Waals surface area contributed by atoms with E-state index in [1.54, 1.807) is 188 Å². The number of nitrogens with zero attached hydrogens (tertiary/aromatic N) is 1. The number of nitrogens with one attached hydrogen (secondary N) is 3. The SMILES string of the molecule is CCCc1c[nH]c(=O)[nH]c1=O.CCCc1cn(C2OCC(OC(=O)c3ccccc3)C(OC(=O)c3ccccc3)C2OC(=O)c2ccccc2)c(=O)[nH]c1=O.O=C(OC1COC(OC(=O)c2ccccc2)C(OC(=O)c2ccccc2)C1OC(=O)c1ccccc1)c1ccccc1. The average Bonchev–Trinajstić information content (AvgIpc) is 0.801. The van der Waals surface area contributed by atoms with Gasteiger partial charge in [-0.15, -0.1) is 0 Å². The summed E-state index contributed by atoms with van der Waals surface area (Å²) in [5.41, 5.74) is 0.332. The zero-order valence-corrected chi connectivity index (χ0v) is 52.3. The van der Waals surface area contributed by atoms with Crippen LogP contribution in [0.1, 0.15) is 117 Å². The van der Waals surface area contributed by atoms with Crippen LogP contribution in [0.25, 0.3) is 0 Å². The molecule has 24 heteroatoms. The number of hydrogen-bond acceptors (Lipinski definition) is 20. The van der Waals surface area contributed by atoms with E-state index in [0.29, 0.717) is 30.4 Å². The van der Waals surface area contributed by atoms with Gasteiger partial charge in [0.1, 0.15) is 0 Å². The van der Waals surface area contributed by atoms with Gasteiger partial charge in [-0.1, -0.05) is 154 Å². The molecule has 4 heterocycles. The lowest BCUT2D eigenvalue weighted by molar-refractivity contribution is -0.250. The van der Waals surface area contributed by atoms with Crippen LogP contribution in [-0.4, -0.2) is 117 Å². The summed E-state index contributed by atoms with van der Waals surface area (Å²) in [5.74, 6) is -5.33. The minimum absolute atomic E-state index is 0.184. The first-order valence-electron chi connectivity index (χ1n) is 30.8. The maximum atomic E-state index is 13.4. The number of hydrogen-bond donors (Lipinski definition) is 3. The Labute approximate surface area is 553 Å². The molecule has 9 aromatic rings. The van der Waals surface area contributed by atoms with Gasteiger partial charge in [0.15, 0.2) is 36.7 Å². The van der Waals surface area contributed by atoms with Crippen molar-refractivity contribution >= 4 is 41.8 Å². The van der Waals surface area contributed by atoms with Gasteiger partial charge in [0.25, 0.3) is 11.1 Å². The molecule has 2 aromatic heterocycles. The Morgan fingerprint density at radius 1 is 0.381 bits per heavy atom. The van der Waals surface area contributed by atoms with Gasteiger partial charge in [-0.05, 0) is 97.8 Å². The fraction of sp³-hybridized carbons (Fsp3) is 0.219. The molecule has 0 bridgehead atoms. The lowest BCUT2D eigenvalue weighted by atomic mass is 10.0. The van der Waals surface area contributed by atoms with Crippen molar-refractivity contribution in [2.45, 2.75) is 88.7 Å². The number of rotatable bonds is 19. The molecule has 2 fully saturated rings. The van der Waals surface area contributed by atoms with Gasteiger partial charge in [0.05, 0.1) is 52.2 Å². The van der Waals surface area contributed by atoms with E-state index >= 15 is 0 Å². The summed E-state index contributed by atoms with van der Waals surface area (Å²) in [4.78, 5) is 146. The second-order valence-electron chi connectivity index (χ2n) is 21.7. The van der Waals surface area contributed by atoms with E-state index in [9.17, 15) is 52.7 Å². The highest BCUT2D eigenvalue weighted by atomic mass is 16.7. The molecule has 97 heavy (non-hydrogen) atoms. The zero-order valence-electron chi connectivity index (χ0n) is 52.3. The van der Waals surface area contributed by atoms with Gasteiger partial charge in [-0.2, -0.15) is 0 Å². The van der Waals surface area contributed by atoms with Gasteiger partial charge in [-0.25, -0.2) is 43.2 Å². The van der Waals surface area contributed by atoms with Gasteiger partial charge in [0, 0.05) is 23.5 Å². The van der Waals surface area contributed by atoms with Crippen molar-refractivity contribution in [2.24, 2.45) is 0 Å². The number of carbonyl (C=O) groups is 7. The lowest BCUT2D eigenvalue weighted by Crippen LogP contribution is -2.58. The van der Waals surface area contributed by atoms with E-state index in [2.05, 4.69) is 15.0 Å². The van der Waals surface area contributed by atoms with Crippen LogP contribution in [0.5, 0.6) is 0 Å². The summed E-state index contributed by atoms with van der Waals surface area (Å²) in [6.07, 6.45) is -5.74. The highest BCUT2D eigenvalue weighted by molar-refractivity contribution is 5.93. The molecule has 2 aliphatic heterocycles. The molecule has 0 spiro atoms. The number of aryl methyl sites for hydroxylation is 2. The van der Waals surface area contributed by atoms with Crippen LogP contribution in [-0.2, 0) is 55.5 Å². The van der Waals surface area contributed by atoms with Crippen LogP contribution in [0.4, 0.5) is 0 Å². The van der Waals surface area contributed by atoms with Crippen molar-refractivity contribution in [1.82, 2.24) is 19.5 Å². The molecule has 7 aromatic carbocycles. The Kier molecular flexibility index (Phi) is 24.6. The smallest absolute Gasteiger partial charge is 0.340 e. The third-order valence-electron chi connectivity index (χ3n) is 14.8. The Balaban J connectivity index is 0.000000196. The van der Waals surface area contributed by atoms with Crippen molar-refractivity contribution < 1.29 is 76.2 Å².